The van der Waals surface area contributed by atoms with Gasteiger partial charge < -0.3 is 15.4 Å². The summed E-state index contributed by atoms with van der Waals surface area (Å²) in [6, 6.07) is -0.478. The number of rotatable bonds is 3. The normalized spacial score (nSPS) is 29.8. The predicted molar refractivity (Wildman–Crippen MR) is 64.5 cm³/mol. The number of amides is 1. The van der Waals surface area contributed by atoms with E-state index >= 15 is 0 Å². The molecule has 0 aromatic carbocycles. The number of ether oxygens (including phenoxy) is 1. The van der Waals surface area contributed by atoms with Gasteiger partial charge in [-0.1, -0.05) is 6.42 Å². The molecule has 2 aliphatic rings. The number of methoxy groups -OCH3 is 1. The Kier molecular flexibility index (Phi) is 5.02. The van der Waals surface area contributed by atoms with Gasteiger partial charge in [-0.2, -0.15) is 0 Å². The second-order valence-electron chi connectivity index (χ2n) is 4.76. The highest BCUT2D eigenvalue weighted by molar-refractivity contribution is 5.85. The number of fused-ring (bicyclic) bond motifs is 1. The van der Waals surface area contributed by atoms with Crippen LogP contribution in [0.25, 0.3) is 0 Å². The van der Waals surface area contributed by atoms with Crippen LogP contribution in [0.2, 0.25) is 0 Å². The van der Waals surface area contributed by atoms with Gasteiger partial charge in [-0.05, 0) is 24.7 Å². The van der Waals surface area contributed by atoms with Gasteiger partial charge in [-0.15, -0.1) is 12.4 Å². The second-order valence-corrected chi connectivity index (χ2v) is 4.76. The third kappa shape index (κ3) is 2.67. The summed E-state index contributed by atoms with van der Waals surface area (Å²) in [5.41, 5.74) is 5.74. The zero-order valence-corrected chi connectivity index (χ0v) is 10.5. The summed E-state index contributed by atoms with van der Waals surface area (Å²) in [5, 5.41) is 0. The number of nitrogens with zero attached hydrogens (tertiary/aromatic N) is 1. The summed E-state index contributed by atoms with van der Waals surface area (Å²) >= 11 is 0. The first-order valence-electron chi connectivity index (χ1n) is 5.75. The summed E-state index contributed by atoms with van der Waals surface area (Å²) in [6.45, 7) is 2.16. The molecular formula is C11H21ClN2O2. The molecule has 2 N–H and O–H groups in total. The maximum absolute atomic E-state index is 11.9. The largest absolute Gasteiger partial charge is 0.383 e. The van der Waals surface area contributed by atoms with E-state index in [4.69, 9.17) is 10.5 Å². The Bertz CT molecular complexity index is 238. The molecule has 1 aliphatic carbocycles. The summed E-state index contributed by atoms with van der Waals surface area (Å²) in [4.78, 5) is 13.8. The van der Waals surface area contributed by atoms with Crippen molar-refractivity contribution < 1.29 is 9.53 Å². The zero-order chi connectivity index (χ0) is 10.8. The molecule has 2 fully saturated rings. The number of hydrogen-bond acceptors (Lipinski definition) is 3. The third-order valence-corrected chi connectivity index (χ3v) is 3.70. The molecule has 1 aliphatic heterocycles. The van der Waals surface area contributed by atoms with E-state index in [0.717, 1.165) is 24.9 Å². The van der Waals surface area contributed by atoms with Gasteiger partial charge in [0.15, 0.2) is 0 Å². The van der Waals surface area contributed by atoms with Crippen molar-refractivity contribution in [2.75, 3.05) is 26.8 Å². The second kappa shape index (κ2) is 5.84. The summed E-state index contributed by atoms with van der Waals surface area (Å²) in [6.07, 6.45) is 3.91. The molecule has 16 heavy (non-hydrogen) atoms. The maximum atomic E-state index is 11.9. The highest BCUT2D eigenvalue weighted by Gasteiger charge is 2.38. The lowest BCUT2D eigenvalue weighted by molar-refractivity contribution is -0.133. The van der Waals surface area contributed by atoms with E-state index in [1.807, 2.05) is 4.90 Å². The van der Waals surface area contributed by atoms with Crippen LogP contribution in [-0.4, -0.2) is 43.7 Å². The van der Waals surface area contributed by atoms with Crippen LogP contribution < -0.4 is 5.73 Å². The number of nitrogens with two attached hydrogens (primary N) is 1. The molecule has 1 amide bonds. The van der Waals surface area contributed by atoms with E-state index in [-0.39, 0.29) is 18.3 Å². The first-order valence-corrected chi connectivity index (χ1v) is 5.75. The van der Waals surface area contributed by atoms with Crippen molar-refractivity contribution in [1.82, 2.24) is 4.90 Å². The number of likely N-dealkylation sites (tertiary alicyclic amines) is 1. The average Bonchev–Trinajstić information content (AvgIpc) is 2.75. The molecule has 1 saturated carbocycles. The van der Waals surface area contributed by atoms with E-state index in [0.29, 0.717) is 6.61 Å². The van der Waals surface area contributed by atoms with E-state index < -0.39 is 6.04 Å². The van der Waals surface area contributed by atoms with Crippen LogP contribution in [0.4, 0.5) is 0 Å². The van der Waals surface area contributed by atoms with Gasteiger partial charge in [0, 0.05) is 20.2 Å². The molecule has 4 nitrogen and oxygen atoms in total. The number of carbonyl (C=O) groups is 1. The fourth-order valence-electron chi connectivity index (χ4n) is 2.90. The van der Waals surface area contributed by atoms with Crippen LogP contribution in [0, 0.1) is 11.8 Å². The van der Waals surface area contributed by atoms with Crippen molar-refractivity contribution >= 4 is 18.3 Å². The average molecular weight is 249 g/mol. The maximum Gasteiger partial charge on any atom is 0.241 e. The lowest BCUT2D eigenvalue weighted by Gasteiger charge is -2.21. The molecule has 0 aromatic heterocycles. The molecule has 1 heterocycles. The van der Waals surface area contributed by atoms with Crippen LogP contribution >= 0.6 is 12.4 Å². The van der Waals surface area contributed by atoms with Gasteiger partial charge in [0.2, 0.25) is 5.91 Å². The van der Waals surface area contributed by atoms with Crippen LogP contribution in [0.1, 0.15) is 19.3 Å². The Labute approximate surface area is 103 Å². The minimum atomic E-state index is -0.478. The quantitative estimate of drug-likeness (QED) is 0.798. The summed E-state index contributed by atoms with van der Waals surface area (Å²) < 4.78 is 4.91. The molecule has 94 valence electrons. The van der Waals surface area contributed by atoms with Crippen molar-refractivity contribution in [3.05, 3.63) is 0 Å². The van der Waals surface area contributed by atoms with Crippen LogP contribution in [0.3, 0.4) is 0 Å². The first-order chi connectivity index (χ1) is 7.22. The number of halogens is 1. The van der Waals surface area contributed by atoms with Crippen molar-refractivity contribution in [2.24, 2.45) is 17.6 Å². The van der Waals surface area contributed by atoms with Crippen molar-refractivity contribution in [2.45, 2.75) is 25.3 Å². The monoisotopic (exact) mass is 248 g/mol. The third-order valence-electron chi connectivity index (χ3n) is 3.70. The van der Waals surface area contributed by atoms with Gasteiger partial charge in [0.05, 0.1) is 6.61 Å². The Morgan fingerprint density at radius 1 is 1.44 bits per heavy atom. The van der Waals surface area contributed by atoms with Gasteiger partial charge in [-0.3, -0.25) is 4.79 Å². The molecule has 0 bridgehead atoms. The Morgan fingerprint density at radius 2 is 2.00 bits per heavy atom. The fraction of sp³-hybridized carbons (Fsp3) is 0.909. The highest BCUT2D eigenvalue weighted by atomic mass is 35.5. The summed E-state index contributed by atoms with van der Waals surface area (Å²) in [5.74, 6) is 1.54. The van der Waals surface area contributed by atoms with Gasteiger partial charge in [0.1, 0.15) is 6.04 Å². The smallest absolute Gasteiger partial charge is 0.241 e. The summed E-state index contributed by atoms with van der Waals surface area (Å²) in [7, 11) is 1.58. The minimum Gasteiger partial charge on any atom is -0.383 e. The SMILES string of the molecule is COCC(N)C(=O)N1CC2CCCC2C1.Cl. The molecular weight excluding hydrogens is 228 g/mol. The van der Waals surface area contributed by atoms with Crippen LogP contribution in [0.15, 0.2) is 0 Å². The lowest BCUT2D eigenvalue weighted by Crippen LogP contribution is -2.45. The fourth-order valence-corrected chi connectivity index (χ4v) is 2.90. The molecule has 0 radical (unpaired) electrons. The lowest BCUT2D eigenvalue weighted by atomic mass is 10.0. The van der Waals surface area contributed by atoms with E-state index in [1.54, 1.807) is 7.11 Å². The molecule has 0 spiro atoms. The predicted octanol–water partition coefficient (Wildman–Crippen LogP) is 0.640. The van der Waals surface area contributed by atoms with Gasteiger partial charge in [0.25, 0.3) is 0 Å². The van der Waals surface area contributed by atoms with Crippen molar-refractivity contribution in [3.8, 4) is 0 Å². The van der Waals surface area contributed by atoms with E-state index in [1.165, 1.54) is 19.3 Å². The zero-order valence-electron chi connectivity index (χ0n) is 9.72. The topological polar surface area (TPSA) is 55.6 Å². The molecule has 2 rings (SSSR count). The van der Waals surface area contributed by atoms with E-state index in [2.05, 4.69) is 0 Å². The minimum absolute atomic E-state index is 0. The van der Waals surface area contributed by atoms with Crippen LogP contribution in [0.5, 0.6) is 0 Å². The standard InChI is InChI=1S/C11H20N2O2.ClH/c1-15-7-10(12)11(14)13-5-8-3-2-4-9(8)6-13;/h8-10H,2-7,12H2,1H3;1H. The van der Waals surface area contributed by atoms with Crippen molar-refractivity contribution in [1.29, 1.82) is 0 Å². The van der Waals surface area contributed by atoms with Gasteiger partial charge in [-0.25, -0.2) is 0 Å². The van der Waals surface area contributed by atoms with Gasteiger partial charge >= 0.3 is 0 Å². The Morgan fingerprint density at radius 3 is 2.50 bits per heavy atom. The molecule has 1 saturated heterocycles. The molecule has 5 heteroatoms. The van der Waals surface area contributed by atoms with Crippen molar-refractivity contribution in [3.63, 3.8) is 0 Å². The molecule has 3 unspecified atom stereocenters. The highest BCUT2D eigenvalue weighted by Crippen LogP contribution is 2.37. The number of carbonyl (C=O) groups excluding carboxylic acids is 1. The van der Waals surface area contributed by atoms with Crippen LogP contribution in [-0.2, 0) is 9.53 Å². The van der Waals surface area contributed by atoms with E-state index in [9.17, 15) is 4.79 Å². The Balaban J connectivity index is 0.00000128. The number of hydrogen-bond donors (Lipinski definition) is 1. The molecule has 3 atom stereocenters. The molecule has 0 aromatic rings. The first kappa shape index (κ1) is 13.7. The Hall–Kier alpha value is -0.320.